The smallest absolute Gasteiger partial charge is 0.190 e. The molecule has 6 heteroatoms. The predicted molar refractivity (Wildman–Crippen MR) is 125 cm³/mol. The Morgan fingerprint density at radius 1 is 1.15 bits per heavy atom. The van der Waals surface area contributed by atoms with E-state index in [-0.39, 0.29) is 30.0 Å². The molecule has 3 saturated carbocycles. The summed E-state index contributed by atoms with van der Waals surface area (Å²) in [4.78, 5) is 25.2. The van der Waals surface area contributed by atoms with Crippen molar-refractivity contribution in [2.45, 2.75) is 64.3 Å². The van der Waals surface area contributed by atoms with Crippen molar-refractivity contribution < 1.29 is 29.6 Å². The Hall–Kier alpha value is -2.28. The van der Waals surface area contributed by atoms with Gasteiger partial charge in [0.05, 0.1) is 11.5 Å². The van der Waals surface area contributed by atoms with Crippen molar-refractivity contribution in [3.63, 3.8) is 0 Å². The minimum Gasteiger partial charge on any atom is -0.492 e. The lowest BCUT2D eigenvalue weighted by Crippen LogP contribution is -2.62. The van der Waals surface area contributed by atoms with Crippen molar-refractivity contribution in [3.05, 3.63) is 59.4 Å². The summed E-state index contributed by atoms with van der Waals surface area (Å²) in [5.41, 5.74) is -1.06. The fraction of sp³-hybridized carbons (Fsp3) is 0.571. The third-order valence-electron chi connectivity index (χ3n) is 9.63. The fourth-order valence-electron chi connectivity index (χ4n) is 7.92. The number of allylic oxidation sites excluding steroid dienone is 3. The molecule has 5 rings (SSSR count). The summed E-state index contributed by atoms with van der Waals surface area (Å²) in [5.74, 6) is -0.141. The molecule has 7 atom stereocenters. The summed E-state index contributed by atoms with van der Waals surface area (Å²) in [6.07, 6.45) is 5.21. The SMILES string of the molecule is C[C@@]12C(=CC(=O)C=C1OCc1ccccc1)CC[C@@H]1[C@@H]2[C@@H](O)C[C@@]2(C)[C@H]1CC[C@]2(O)C(=O)CO. The fourth-order valence-corrected chi connectivity index (χ4v) is 7.92. The molecule has 6 nitrogen and oxygen atoms in total. The van der Waals surface area contributed by atoms with E-state index in [1.54, 1.807) is 12.2 Å². The highest BCUT2D eigenvalue weighted by atomic mass is 16.5. The number of carbonyl (C=O) groups is 2. The van der Waals surface area contributed by atoms with E-state index in [0.717, 1.165) is 17.6 Å². The molecule has 0 heterocycles. The molecule has 34 heavy (non-hydrogen) atoms. The third-order valence-corrected chi connectivity index (χ3v) is 9.63. The first-order valence-corrected chi connectivity index (χ1v) is 12.3. The highest BCUT2D eigenvalue weighted by molar-refractivity contribution is 6.01. The molecule has 0 amide bonds. The van der Waals surface area contributed by atoms with Crippen molar-refractivity contribution in [2.24, 2.45) is 28.6 Å². The van der Waals surface area contributed by atoms with Gasteiger partial charge in [-0.05, 0) is 62.5 Å². The van der Waals surface area contributed by atoms with Crippen LogP contribution in [0.4, 0.5) is 0 Å². The van der Waals surface area contributed by atoms with Crippen LogP contribution in [0.3, 0.4) is 0 Å². The van der Waals surface area contributed by atoms with E-state index >= 15 is 0 Å². The minimum atomic E-state index is -1.62. The number of carbonyl (C=O) groups excluding carboxylic acids is 2. The quantitative estimate of drug-likeness (QED) is 0.616. The summed E-state index contributed by atoms with van der Waals surface area (Å²) < 4.78 is 6.29. The highest BCUT2D eigenvalue weighted by Crippen LogP contribution is 2.68. The first kappa shape index (κ1) is 23.5. The molecule has 4 aliphatic rings. The van der Waals surface area contributed by atoms with E-state index in [0.29, 0.717) is 31.6 Å². The Bertz CT molecular complexity index is 1060. The molecular weight excluding hydrogens is 432 g/mol. The summed E-state index contributed by atoms with van der Waals surface area (Å²) in [6.45, 7) is 3.61. The molecule has 3 fully saturated rings. The van der Waals surface area contributed by atoms with Crippen LogP contribution in [0, 0.1) is 28.6 Å². The maximum absolute atomic E-state index is 12.6. The number of aliphatic hydroxyl groups excluding tert-OH is 2. The second-order valence-electron chi connectivity index (χ2n) is 11.1. The molecule has 0 unspecified atom stereocenters. The minimum absolute atomic E-state index is 0.0350. The average Bonchev–Trinajstić information content (AvgIpc) is 3.09. The molecule has 1 aromatic rings. The van der Waals surface area contributed by atoms with Gasteiger partial charge in [-0.15, -0.1) is 0 Å². The van der Waals surface area contributed by atoms with Gasteiger partial charge < -0.3 is 20.1 Å². The van der Waals surface area contributed by atoms with Crippen LogP contribution < -0.4 is 0 Å². The first-order valence-electron chi connectivity index (χ1n) is 12.3. The van der Waals surface area contributed by atoms with Crippen molar-refractivity contribution in [2.75, 3.05) is 6.61 Å². The van der Waals surface area contributed by atoms with Crippen molar-refractivity contribution in [3.8, 4) is 0 Å². The van der Waals surface area contributed by atoms with E-state index in [1.165, 1.54) is 0 Å². The Morgan fingerprint density at radius 2 is 1.88 bits per heavy atom. The van der Waals surface area contributed by atoms with Gasteiger partial charge in [0.1, 0.15) is 24.6 Å². The Labute approximate surface area is 200 Å². The zero-order valence-electron chi connectivity index (χ0n) is 19.9. The number of hydrogen-bond donors (Lipinski definition) is 3. The number of fused-ring (bicyclic) bond motifs is 5. The predicted octanol–water partition coefficient (Wildman–Crippen LogP) is 3.10. The molecule has 182 valence electrons. The van der Waals surface area contributed by atoms with E-state index in [2.05, 4.69) is 6.92 Å². The van der Waals surface area contributed by atoms with Gasteiger partial charge >= 0.3 is 0 Å². The van der Waals surface area contributed by atoms with Crippen LogP contribution in [-0.2, 0) is 20.9 Å². The average molecular weight is 467 g/mol. The zero-order chi connectivity index (χ0) is 24.3. The Balaban J connectivity index is 1.50. The van der Waals surface area contributed by atoms with Crippen LogP contribution in [0.5, 0.6) is 0 Å². The maximum atomic E-state index is 12.6. The monoisotopic (exact) mass is 466 g/mol. The summed E-state index contributed by atoms with van der Waals surface area (Å²) >= 11 is 0. The third kappa shape index (κ3) is 3.19. The molecule has 0 aromatic heterocycles. The van der Waals surface area contributed by atoms with Crippen molar-refractivity contribution >= 4 is 11.6 Å². The zero-order valence-corrected chi connectivity index (χ0v) is 19.9. The standard InChI is InChI=1S/C28H34O6/c1-26-14-22(31)25-20(21(26)10-11-28(26,33)23(32)15-29)9-8-18-12-19(30)13-24(27(18,25)2)34-16-17-6-4-3-5-7-17/h3-7,12-13,20-22,25,29,31,33H,8-11,14-16H2,1-2H3/t20-,21-,22-,25+,26-,27+,28-/m0/s1. The molecule has 4 aliphatic carbocycles. The maximum Gasteiger partial charge on any atom is 0.190 e. The van der Waals surface area contributed by atoms with Gasteiger partial charge in [0, 0.05) is 17.4 Å². The van der Waals surface area contributed by atoms with Gasteiger partial charge in [-0.2, -0.15) is 0 Å². The number of aliphatic hydroxyl groups is 3. The molecule has 0 bridgehead atoms. The van der Waals surface area contributed by atoms with Gasteiger partial charge in [0.2, 0.25) is 0 Å². The second-order valence-corrected chi connectivity index (χ2v) is 11.1. The first-order chi connectivity index (χ1) is 16.1. The summed E-state index contributed by atoms with van der Waals surface area (Å²) in [6, 6.07) is 9.80. The molecule has 0 aliphatic heterocycles. The molecule has 0 saturated heterocycles. The van der Waals surface area contributed by atoms with Crippen LogP contribution in [0.25, 0.3) is 0 Å². The van der Waals surface area contributed by atoms with Gasteiger partial charge in [-0.3, -0.25) is 9.59 Å². The lowest BCUT2D eigenvalue weighted by molar-refractivity contribution is -0.181. The summed E-state index contributed by atoms with van der Waals surface area (Å²) in [7, 11) is 0. The van der Waals surface area contributed by atoms with Crippen LogP contribution in [0.2, 0.25) is 0 Å². The van der Waals surface area contributed by atoms with Gasteiger partial charge in [0.15, 0.2) is 11.6 Å². The largest absolute Gasteiger partial charge is 0.492 e. The molecule has 0 spiro atoms. The van der Waals surface area contributed by atoms with E-state index in [1.807, 2.05) is 37.3 Å². The number of benzene rings is 1. The highest BCUT2D eigenvalue weighted by Gasteiger charge is 2.68. The second kappa shape index (κ2) is 8.14. The lowest BCUT2D eigenvalue weighted by Gasteiger charge is -2.60. The number of ketones is 2. The molecular formula is C28H34O6. The topological polar surface area (TPSA) is 104 Å². The molecule has 0 radical (unpaired) electrons. The molecule has 3 N–H and O–H groups in total. The summed E-state index contributed by atoms with van der Waals surface area (Å²) in [5, 5.41) is 32.5. The van der Waals surface area contributed by atoms with Gasteiger partial charge in [-0.1, -0.05) is 42.8 Å². The van der Waals surface area contributed by atoms with E-state index in [4.69, 9.17) is 4.74 Å². The van der Waals surface area contributed by atoms with Crippen molar-refractivity contribution in [1.82, 2.24) is 0 Å². The van der Waals surface area contributed by atoms with Crippen LogP contribution in [0.1, 0.15) is 51.5 Å². The van der Waals surface area contributed by atoms with E-state index < -0.39 is 34.9 Å². The molecule has 1 aromatic carbocycles. The van der Waals surface area contributed by atoms with Crippen LogP contribution in [0.15, 0.2) is 53.8 Å². The number of hydrogen-bond acceptors (Lipinski definition) is 6. The Kier molecular flexibility index (Phi) is 5.62. The van der Waals surface area contributed by atoms with Crippen molar-refractivity contribution in [1.29, 1.82) is 0 Å². The number of ether oxygens (including phenoxy) is 1. The van der Waals surface area contributed by atoms with E-state index in [9.17, 15) is 24.9 Å². The van der Waals surface area contributed by atoms with Gasteiger partial charge in [0.25, 0.3) is 0 Å². The van der Waals surface area contributed by atoms with Gasteiger partial charge in [-0.25, -0.2) is 0 Å². The van der Waals surface area contributed by atoms with Crippen LogP contribution in [-0.4, -0.2) is 45.2 Å². The Morgan fingerprint density at radius 3 is 2.59 bits per heavy atom. The number of rotatable bonds is 5. The number of Topliss-reactive ketones (excluding diaryl/α,β-unsaturated/α-hetero) is 1. The lowest BCUT2D eigenvalue weighted by atomic mass is 9.45. The normalized spacial score (nSPS) is 41.0. The van der Waals surface area contributed by atoms with Crippen LogP contribution >= 0.6 is 0 Å².